The Morgan fingerprint density at radius 3 is 2.43 bits per heavy atom. The highest BCUT2D eigenvalue weighted by Gasteiger charge is 2.24. The zero-order valence-corrected chi connectivity index (χ0v) is 17.8. The van der Waals surface area contributed by atoms with E-state index in [1.54, 1.807) is 11.3 Å². The summed E-state index contributed by atoms with van der Waals surface area (Å²) in [5.74, 6) is 0. The number of carbonyl (C=O) groups is 1. The van der Waals surface area contributed by atoms with Crippen molar-refractivity contribution in [3.63, 3.8) is 0 Å². The van der Waals surface area contributed by atoms with Gasteiger partial charge in [0.1, 0.15) is 0 Å². The molecule has 28 heavy (non-hydrogen) atoms. The van der Waals surface area contributed by atoms with E-state index in [9.17, 15) is 4.79 Å². The van der Waals surface area contributed by atoms with Gasteiger partial charge in [-0.15, -0.1) is 11.3 Å². The van der Waals surface area contributed by atoms with Crippen molar-refractivity contribution >= 4 is 17.4 Å². The summed E-state index contributed by atoms with van der Waals surface area (Å²) in [5, 5.41) is 8.29. The number of likely N-dealkylation sites (tertiary alicyclic amines) is 1. The van der Waals surface area contributed by atoms with Crippen LogP contribution in [0, 0.1) is 0 Å². The molecule has 0 spiro atoms. The van der Waals surface area contributed by atoms with E-state index in [2.05, 4.69) is 76.3 Å². The van der Waals surface area contributed by atoms with Gasteiger partial charge in [0.05, 0.1) is 6.04 Å². The van der Waals surface area contributed by atoms with Crippen LogP contribution < -0.4 is 10.6 Å². The van der Waals surface area contributed by atoms with Gasteiger partial charge in [0.2, 0.25) is 0 Å². The van der Waals surface area contributed by atoms with Gasteiger partial charge in [-0.2, -0.15) is 0 Å². The molecule has 2 amide bonds. The minimum Gasteiger partial charge on any atom is -0.337 e. The van der Waals surface area contributed by atoms with Gasteiger partial charge in [-0.05, 0) is 63.5 Å². The van der Waals surface area contributed by atoms with Gasteiger partial charge < -0.3 is 15.5 Å². The Morgan fingerprint density at radius 2 is 1.79 bits per heavy atom. The number of benzene rings is 1. The fraction of sp³-hybridized carbons (Fsp3) is 0.500. The largest absolute Gasteiger partial charge is 0.337 e. The molecule has 1 aliphatic rings. The predicted octanol–water partition coefficient (Wildman–Crippen LogP) is 3.36. The average Bonchev–Trinajstić information content (AvgIpc) is 3.40. The lowest BCUT2D eigenvalue weighted by molar-refractivity contribution is 0.217. The summed E-state index contributed by atoms with van der Waals surface area (Å²) in [7, 11) is 4.13. The number of thiophene rings is 1. The summed E-state index contributed by atoms with van der Waals surface area (Å²) < 4.78 is 0. The van der Waals surface area contributed by atoms with Crippen molar-refractivity contribution in [2.24, 2.45) is 0 Å². The van der Waals surface area contributed by atoms with Crippen LogP contribution in [0.15, 0.2) is 47.8 Å². The van der Waals surface area contributed by atoms with E-state index in [0.29, 0.717) is 13.1 Å². The van der Waals surface area contributed by atoms with Gasteiger partial charge in [0.15, 0.2) is 0 Å². The Hall–Kier alpha value is -1.89. The van der Waals surface area contributed by atoms with Crippen LogP contribution in [0.1, 0.15) is 29.3 Å². The highest BCUT2D eigenvalue weighted by molar-refractivity contribution is 7.10. The van der Waals surface area contributed by atoms with E-state index in [-0.39, 0.29) is 18.1 Å². The van der Waals surface area contributed by atoms with Crippen LogP contribution in [0.25, 0.3) is 0 Å². The molecule has 1 aromatic heterocycles. The maximum absolute atomic E-state index is 12.5. The SMILES string of the molecule is CN(C)C(CNC(=O)NCC(c1cccs1)N1CCCC1)Cc1ccccc1. The van der Waals surface area contributed by atoms with Crippen LogP contribution in [0.5, 0.6) is 0 Å². The maximum atomic E-state index is 12.5. The fourth-order valence-corrected chi connectivity index (χ4v) is 4.59. The zero-order valence-electron chi connectivity index (χ0n) is 16.9. The summed E-state index contributed by atoms with van der Waals surface area (Å²) in [4.78, 5) is 18.4. The second-order valence-electron chi connectivity index (χ2n) is 7.67. The molecule has 2 heterocycles. The van der Waals surface area contributed by atoms with Crippen molar-refractivity contribution in [2.75, 3.05) is 40.3 Å². The third-order valence-corrected chi connectivity index (χ3v) is 6.43. The summed E-state index contributed by atoms with van der Waals surface area (Å²) in [6.07, 6.45) is 3.41. The molecule has 0 radical (unpaired) electrons. The van der Waals surface area contributed by atoms with E-state index >= 15 is 0 Å². The lowest BCUT2D eigenvalue weighted by Gasteiger charge is -2.28. The first-order valence-electron chi connectivity index (χ1n) is 10.1. The molecule has 5 nitrogen and oxygen atoms in total. The molecule has 0 aliphatic carbocycles. The van der Waals surface area contributed by atoms with Crippen LogP contribution in [0.3, 0.4) is 0 Å². The smallest absolute Gasteiger partial charge is 0.314 e. The monoisotopic (exact) mass is 400 g/mol. The minimum absolute atomic E-state index is 0.0827. The lowest BCUT2D eigenvalue weighted by Crippen LogP contribution is -2.46. The molecule has 1 saturated heterocycles. The first kappa shape index (κ1) is 20.8. The molecular weight excluding hydrogens is 368 g/mol. The van der Waals surface area contributed by atoms with Crippen molar-refractivity contribution in [3.05, 3.63) is 58.3 Å². The topological polar surface area (TPSA) is 47.6 Å². The van der Waals surface area contributed by atoms with Gasteiger partial charge in [-0.1, -0.05) is 36.4 Å². The zero-order chi connectivity index (χ0) is 19.8. The standard InChI is InChI=1S/C22H32N4OS/c1-25(2)19(15-18-9-4-3-5-10-18)16-23-22(27)24-17-20(21-11-8-14-28-21)26-12-6-7-13-26/h3-5,8-11,14,19-20H,6-7,12-13,15-17H2,1-2H3,(H2,23,24,27). The van der Waals surface area contributed by atoms with Crippen LogP contribution >= 0.6 is 11.3 Å². The second kappa shape index (κ2) is 10.6. The van der Waals surface area contributed by atoms with E-state index in [0.717, 1.165) is 19.5 Å². The van der Waals surface area contributed by atoms with Crippen molar-refractivity contribution in [2.45, 2.75) is 31.3 Å². The number of hydrogen-bond donors (Lipinski definition) is 2. The summed E-state index contributed by atoms with van der Waals surface area (Å²) in [6.45, 7) is 3.51. The minimum atomic E-state index is -0.0827. The molecular formula is C22H32N4OS. The van der Waals surface area contributed by atoms with Crippen molar-refractivity contribution < 1.29 is 4.79 Å². The van der Waals surface area contributed by atoms with Crippen LogP contribution in [-0.2, 0) is 6.42 Å². The number of urea groups is 1. The number of nitrogens with zero attached hydrogens (tertiary/aromatic N) is 2. The number of hydrogen-bond acceptors (Lipinski definition) is 4. The summed E-state index contributed by atoms with van der Waals surface area (Å²) in [6, 6.07) is 15.2. The molecule has 0 bridgehead atoms. The van der Waals surface area contributed by atoms with E-state index in [1.807, 2.05) is 6.07 Å². The first-order valence-corrected chi connectivity index (χ1v) is 11.0. The molecule has 6 heteroatoms. The molecule has 2 N–H and O–H groups in total. The predicted molar refractivity (Wildman–Crippen MR) is 117 cm³/mol. The number of nitrogens with one attached hydrogen (secondary N) is 2. The van der Waals surface area contributed by atoms with Gasteiger partial charge in [-0.25, -0.2) is 4.79 Å². The van der Waals surface area contributed by atoms with E-state index in [1.165, 1.54) is 23.3 Å². The van der Waals surface area contributed by atoms with Gasteiger partial charge >= 0.3 is 6.03 Å². The Balaban J connectivity index is 1.49. The van der Waals surface area contributed by atoms with Gasteiger partial charge in [0.25, 0.3) is 0 Å². The Bertz CT molecular complexity index is 699. The molecule has 1 aromatic carbocycles. The molecule has 0 saturated carbocycles. The fourth-order valence-electron chi connectivity index (χ4n) is 3.73. The molecule has 2 aromatic rings. The quantitative estimate of drug-likeness (QED) is 0.679. The van der Waals surface area contributed by atoms with Crippen LogP contribution in [0.4, 0.5) is 4.79 Å². The van der Waals surface area contributed by atoms with Gasteiger partial charge in [-0.3, -0.25) is 4.90 Å². The summed E-state index contributed by atoms with van der Waals surface area (Å²) in [5.41, 5.74) is 1.29. The molecule has 1 aliphatic heterocycles. The molecule has 2 atom stereocenters. The third kappa shape index (κ3) is 6.06. The Kier molecular flexibility index (Phi) is 7.89. The van der Waals surface area contributed by atoms with Crippen molar-refractivity contribution in [1.82, 2.24) is 20.4 Å². The van der Waals surface area contributed by atoms with E-state index in [4.69, 9.17) is 0 Å². The maximum Gasteiger partial charge on any atom is 0.314 e. The second-order valence-corrected chi connectivity index (χ2v) is 8.65. The highest BCUT2D eigenvalue weighted by Crippen LogP contribution is 2.27. The molecule has 3 rings (SSSR count). The van der Waals surface area contributed by atoms with Crippen LogP contribution in [0.2, 0.25) is 0 Å². The molecule has 2 unspecified atom stereocenters. The molecule has 152 valence electrons. The van der Waals surface area contributed by atoms with Crippen molar-refractivity contribution in [1.29, 1.82) is 0 Å². The Labute approximate surface area is 172 Å². The Morgan fingerprint density at radius 1 is 1.07 bits per heavy atom. The van der Waals surface area contributed by atoms with Gasteiger partial charge in [0, 0.05) is 24.0 Å². The van der Waals surface area contributed by atoms with Crippen LogP contribution in [-0.4, -0.2) is 62.1 Å². The lowest BCUT2D eigenvalue weighted by atomic mass is 10.1. The average molecular weight is 401 g/mol. The normalized spacial score (nSPS) is 16.8. The van der Waals surface area contributed by atoms with Crippen molar-refractivity contribution in [3.8, 4) is 0 Å². The van der Waals surface area contributed by atoms with E-state index < -0.39 is 0 Å². The first-order chi connectivity index (χ1) is 13.6. The number of rotatable bonds is 9. The number of amides is 2. The summed E-state index contributed by atoms with van der Waals surface area (Å²) >= 11 is 1.77. The third-order valence-electron chi connectivity index (χ3n) is 5.45. The number of carbonyl (C=O) groups excluding carboxylic acids is 1. The number of likely N-dealkylation sites (N-methyl/N-ethyl adjacent to an activating group) is 1. The highest BCUT2D eigenvalue weighted by atomic mass is 32.1. The molecule has 1 fully saturated rings.